The Hall–Kier alpha value is -1.14. The van der Waals surface area contributed by atoms with Crippen LogP contribution < -0.4 is 5.32 Å². The number of aliphatic hydroxyl groups excluding tert-OH is 2. The number of nitrogens with one attached hydrogen (secondary N) is 1. The second-order valence-corrected chi connectivity index (χ2v) is 23.9. The number of rotatable bonds is 65. The molecule has 0 fully saturated rings. The normalized spacial score (nSPS) is 12.4. The van der Waals surface area contributed by atoms with Crippen LogP contribution in [0.2, 0.25) is 0 Å². The molecule has 442 valence electrons. The molecule has 74 heavy (non-hydrogen) atoms. The molecule has 0 aromatic rings. The molecule has 2 atom stereocenters. The third-order valence-electron chi connectivity index (χ3n) is 16.4. The van der Waals surface area contributed by atoms with E-state index in [2.05, 4.69) is 19.2 Å². The van der Waals surface area contributed by atoms with E-state index in [-0.39, 0.29) is 18.5 Å². The van der Waals surface area contributed by atoms with Gasteiger partial charge in [-0.05, 0) is 25.7 Å². The van der Waals surface area contributed by atoms with Crippen LogP contribution in [-0.2, 0) is 14.3 Å². The molecule has 0 aromatic carbocycles. The fourth-order valence-corrected chi connectivity index (χ4v) is 11.2. The first-order chi connectivity index (χ1) is 36.5. The minimum absolute atomic E-state index is 0.0207. The zero-order chi connectivity index (χ0) is 53.6. The van der Waals surface area contributed by atoms with Gasteiger partial charge in [0.25, 0.3) is 0 Å². The molecule has 0 aliphatic heterocycles. The Morgan fingerprint density at radius 3 is 0.824 bits per heavy atom. The summed E-state index contributed by atoms with van der Waals surface area (Å²) in [4.78, 5) is 24.6. The Balaban J connectivity index is 3.33. The summed E-state index contributed by atoms with van der Waals surface area (Å²) in [7, 11) is 0. The molecule has 3 N–H and O–H groups in total. The quantitative estimate of drug-likeness (QED) is 0.0417. The van der Waals surface area contributed by atoms with E-state index in [0.29, 0.717) is 25.9 Å². The van der Waals surface area contributed by atoms with Crippen LogP contribution in [0.25, 0.3) is 0 Å². The predicted molar refractivity (Wildman–Crippen MR) is 324 cm³/mol. The van der Waals surface area contributed by atoms with E-state index in [1.165, 1.54) is 327 Å². The smallest absolute Gasteiger partial charge is 0.305 e. The largest absolute Gasteiger partial charge is 0.466 e. The van der Waals surface area contributed by atoms with Crippen LogP contribution >= 0.6 is 0 Å². The Kier molecular flexibility index (Phi) is 63.4. The average molecular weight is 1050 g/mol. The van der Waals surface area contributed by atoms with Gasteiger partial charge in [0.05, 0.1) is 25.4 Å². The number of ether oxygens (including phenoxy) is 1. The van der Waals surface area contributed by atoms with E-state index in [0.717, 1.165) is 38.5 Å². The summed E-state index contributed by atoms with van der Waals surface area (Å²) in [5.41, 5.74) is 0. The SMILES string of the molecule is CCCCCCCCCCCCCCCCCCCC(=O)OCCCCCCCCCCCCCCCCCCCCCCCCCCC(=O)NC(CO)C(O)CCCCCCCCCCCCCCCCCC. The summed E-state index contributed by atoms with van der Waals surface area (Å²) >= 11 is 0. The second-order valence-electron chi connectivity index (χ2n) is 23.9. The molecule has 2 unspecified atom stereocenters. The molecule has 0 spiro atoms. The van der Waals surface area contributed by atoms with E-state index in [1.54, 1.807) is 0 Å². The minimum atomic E-state index is -0.662. The monoisotopic (exact) mass is 1050 g/mol. The number of carbonyl (C=O) groups excluding carboxylic acids is 2. The van der Waals surface area contributed by atoms with Crippen molar-refractivity contribution in [3.05, 3.63) is 0 Å². The van der Waals surface area contributed by atoms with Gasteiger partial charge in [0.15, 0.2) is 0 Å². The van der Waals surface area contributed by atoms with E-state index < -0.39 is 12.1 Å². The van der Waals surface area contributed by atoms with Crippen LogP contribution in [0.1, 0.15) is 399 Å². The number of hydrogen-bond donors (Lipinski definition) is 3. The lowest BCUT2D eigenvalue weighted by Crippen LogP contribution is -2.45. The van der Waals surface area contributed by atoms with Gasteiger partial charge in [0.2, 0.25) is 5.91 Å². The minimum Gasteiger partial charge on any atom is -0.466 e. The molecule has 1 amide bonds. The van der Waals surface area contributed by atoms with Crippen molar-refractivity contribution in [2.24, 2.45) is 0 Å². The lowest BCUT2D eigenvalue weighted by atomic mass is 10.0. The number of unbranched alkanes of at least 4 members (excludes halogenated alkanes) is 54. The van der Waals surface area contributed by atoms with E-state index >= 15 is 0 Å². The van der Waals surface area contributed by atoms with Gasteiger partial charge in [-0.3, -0.25) is 9.59 Å². The van der Waals surface area contributed by atoms with Crippen molar-refractivity contribution in [3.8, 4) is 0 Å². The molecular weight excluding hydrogens is 911 g/mol. The highest BCUT2D eigenvalue weighted by Gasteiger charge is 2.20. The van der Waals surface area contributed by atoms with Crippen LogP contribution in [-0.4, -0.2) is 47.4 Å². The number of carbonyl (C=O) groups is 2. The summed E-state index contributed by atoms with van der Waals surface area (Å²) in [5, 5.41) is 23.3. The van der Waals surface area contributed by atoms with Crippen molar-refractivity contribution in [2.75, 3.05) is 13.2 Å². The lowest BCUT2D eigenvalue weighted by molar-refractivity contribution is -0.143. The fraction of sp³-hybridized carbons (Fsp3) is 0.971. The third-order valence-corrected chi connectivity index (χ3v) is 16.4. The van der Waals surface area contributed by atoms with Crippen molar-refractivity contribution in [2.45, 2.75) is 411 Å². The maximum absolute atomic E-state index is 12.5. The van der Waals surface area contributed by atoms with E-state index in [1.807, 2.05) is 0 Å². The topological polar surface area (TPSA) is 95.9 Å². The Labute approximate surface area is 464 Å². The molecule has 6 heteroatoms. The molecule has 0 heterocycles. The summed E-state index contributed by atoms with van der Waals surface area (Å²) in [6.07, 6.45) is 77.1. The van der Waals surface area contributed by atoms with Crippen molar-refractivity contribution in [1.29, 1.82) is 0 Å². The molecule has 0 aromatic heterocycles. The van der Waals surface area contributed by atoms with Crippen molar-refractivity contribution in [3.63, 3.8) is 0 Å². The molecule has 0 radical (unpaired) electrons. The highest BCUT2D eigenvalue weighted by atomic mass is 16.5. The van der Waals surface area contributed by atoms with Gasteiger partial charge < -0.3 is 20.3 Å². The van der Waals surface area contributed by atoms with Gasteiger partial charge >= 0.3 is 5.97 Å². The number of hydrogen-bond acceptors (Lipinski definition) is 5. The van der Waals surface area contributed by atoms with Crippen LogP contribution in [0.3, 0.4) is 0 Å². The van der Waals surface area contributed by atoms with E-state index in [9.17, 15) is 19.8 Å². The second kappa shape index (κ2) is 64.4. The Morgan fingerprint density at radius 1 is 0.324 bits per heavy atom. The standard InChI is InChI=1S/C68H135NO5/c1-3-5-7-9-11-13-15-17-19-29-34-38-42-46-50-54-58-62-68(73)74-63-59-55-51-47-43-39-35-31-28-26-24-22-21-23-25-27-30-33-37-41-45-49-53-57-61-67(72)69-65(64-70)66(71)60-56-52-48-44-40-36-32-20-18-16-14-12-10-8-6-4-2/h65-66,70-71H,3-64H2,1-2H3,(H,69,72). The maximum atomic E-state index is 12.5. The summed E-state index contributed by atoms with van der Waals surface area (Å²) < 4.78 is 5.51. The first-order valence-electron chi connectivity index (χ1n) is 34.3. The summed E-state index contributed by atoms with van der Waals surface area (Å²) in [6, 6.07) is -0.539. The van der Waals surface area contributed by atoms with Gasteiger partial charge in [0, 0.05) is 12.8 Å². The third kappa shape index (κ3) is 60.1. The van der Waals surface area contributed by atoms with Gasteiger partial charge in [-0.2, -0.15) is 0 Å². The average Bonchev–Trinajstić information content (AvgIpc) is 3.40. The molecule has 0 aliphatic rings. The van der Waals surface area contributed by atoms with Crippen LogP contribution in [0.4, 0.5) is 0 Å². The molecule has 0 bridgehead atoms. The first kappa shape index (κ1) is 72.9. The molecule has 0 aliphatic carbocycles. The summed E-state index contributed by atoms with van der Waals surface area (Å²) in [5.74, 6) is -0.00903. The van der Waals surface area contributed by atoms with Crippen LogP contribution in [0.15, 0.2) is 0 Å². The Bertz CT molecular complexity index is 1070. The van der Waals surface area contributed by atoms with Crippen LogP contribution in [0, 0.1) is 0 Å². The molecular formula is C68H135NO5. The maximum Gasteiger partial charge on any atom is 0.305 e. The predicted octanol–water partition coefficient (Wildman–Crippen LogP) is 21.8. The van der Waals surface area contributed by atoms with Crippen molar-refractivity contribution in [1.82, 2.24) is 5.32 Å². The zero-order valence-corrected chi connectivity index (χ0v) is 50.6. The molecule has 0 saturated carbocycles. The number of amides is 1. The highest BCUT2D eigenvalue weighted by molar-refractivity contribution is 5.76. The molecule has 0 saturated heterocycles. The van der Waals surface area contributed by atoms with Crippen molar-refractivity contribution < 1.29 is 24.5 Å². The van der Waals surface area contributed by atoms with Crippen molar-refractivity contribution >= 4 is 11.9 Å². The fourth-order valence-electron chi connectivity index (χ4n) is 11.2. The van der Waals surface area contributed by atoms with Crippen LogP contribution in [0.5, 0.6) is 0 Å². The molecule has 6 nitrogen and oxygen atoms in total. The number of aliphatic hydroxyl groups is 2. The van der Waals surface area contributed by atoms with Gasteiger partial charge in [-0.25, -0.2) is 0 Å². The first-order valence-corrected chi connectivity index (χ1v) is 34.3. The lowest BCUT2D eigenvalue weighted by Gasteiger charge is -2.22. The van der Waals surface area contributed by atoms with Gasteiger partial charge in [0.1, 0.15) is 0 Å². The van der Waals surface area contributed by atoms with Gasteiger partial charge in [-0.1, -0.05) is 361 Å². The highest BCUT2D eigenvalue weighted by Crippen LogP contribution is 2.19. The zero-order valence-electron chi connectivity index (χ0n) is 50.6. The molecule has 0 rings (SSSR count). The summed E-state index contributed by atoms with van der Waals surface area (Å²) in [6.45, 7) is 5.00. The number of esters is 1. The Morgan fingerprint density at radius 2 is 0.554 bits per heavy atom. The van der Waals surface area contributed by atoms with E-state index in [4.69, 9.17) is 4.74 Å². The van der Waals surface area contributed by atoms with Gasteiger partial charge in [-0.15, -0.1) is 0 Å².